The molecule has 0 saturated heterocycles. The predicted octanol–water partition coefficient (Wildman–Crippen LogP) is 0.437. The maximum atomic E-state index is 11.9. The number of benzene rings is 1. The summed E-state index contributed by atoms with van der Waals surface area (Å²) in [6.07, 6.45) is 0. The summed E-state index contributed by atoms with van der Waals surface area (Å²) in [5.41, 5.74) is 0.0156. The van der Waals surface area contributed by atoms with Crippen LogP contribution in [0.15, 0.2) is 29.1 Å². The molecule has 82 valence electrons. The molecule has 0 saturated carbocycles. The van der Waals surface area contributed by atoms with E-state index in [1.54, 1.807) is 24.3 Å². The molecule has 0 aliphatic carbocycles. The van der Waals surface area contributed by atoms with Gasteiger partial charge < -0.3 is 5.11 Å². The molecule has 0 amide bonds. The Labute approximate surface area is 90.1 Å². The number of hydrogen-bond donors (Lipinski definition) is 1. The van der Waals surface area contributed by atoms with Gasteiger partial charge in [0.15, 0.2) is 6.04 Å². The summed E-state index contributed by atoms with van der Waals surface area (Å²) in [4.78, 5) is 22.6. The molecule has 1 aromatic heterocycles. The van der Waals surface area contributed by atoms with Gasteiger partial charge in [0.2, 0.25) is 0 Å². The summed E-state index contributed by atoms with van der Waals surface area (Å²) < 4.78 is 0.866. The van der Waals surface area contributed by atoms with Crippen molar-refractivity contribution in [3.05, 3.63) is 34.6 Å². The molecule has 6 nitrogen and oxygen atoms in total. The number of aromatic nitrogens is 3. The molecule has 6 heteroatoms. The van der Waals surface area contributed by atoms with Crippen LogP contribution in [0.5, 0.6) is 0 Å². The molecule has 1 N–H and O–H groups in total. The van der Waals surface area contributed by atoms with E-state index in [0.29, 0.717) is 10.9 Å². The molecular weight excluding hydrogens is 210 g/mol. The second-order valence-corrected chi connectivity index (χ2v) is 3.37. The largest absolute Gasteiger partial charge is 0.480 e. The van der Waals surface area contributed by atoms with E-state index in [0.717, 1.165) is 4.68 Å². The van der Waals surface area contributed by atoms with Crippen molar-refractivity contribution in [2.75, 3.05) is 0 Å². The minimum absolute atomic E-state index is 0.366. The lowest BCUT2D eigenvalue weighted by molar-refractivity contribution is -0.140. The van der Waals surface area contributed by atoms with Crippen LogP contribution in [0.25, 0.3) is 10.9 Å². The molecule has 1 atom stereocenters. The maximum Gasteiger partial charge on any atom is 0.328 e. The van der Waals surface area contributed by atoms with Crippen LogP contribution < -0.4 is 5.56 Å². The van der Waals surface area contributed by atoms with Crippen LogP contribution in [0.1, 0.15) is 13.0 Å². The second kappa shape index (κ2) is 3.73. The van der Waals surface area contributed by atoms with E-state index in [9.17, 15) is 9.59 Å². The monoisotopic (exact) mass is 219 g/mol. The summed E-state index contributed by atoms with van der Waals surface area (Å²) in [7, 11) is 0. The van der Waals surface area contributed by atoms with Crippen molar-refractivity contribution in [3.8, 4) is 0 Å². The topological polar surface area (TPSA) is 85.1 Å². The van der Waals surface area contributed by atoms with Crippen LogP contribution in [0.3, 0.4) is 0 Å². The Balaban J connectivity index is 2.70. The summed E-state index contributed by atoms with van der Waals surface area (Å²) >= 11 is 0. The Morgan fingerprint density at radius 1 is 1.44 bits per heavy atom. The zero-order valence-electron chi connectivity index (χ0n) is 8.49. The van der Waals surface area contributed by atoms with Crippen LogP contribution >= 0.6 is 0 Å². The standard InChI is InChI=1S/C10H9N3O3/c1-6(10(15)16)13-9(14)7-4-2-3-5-8(7)11-12-13/h2-6H,1H3,(H,15,16). The van der Waals surface area contributed by atoms with Gasteiger partial charge in [0.25, 0.3) is 5.56 Å². The molecule has 0 aliphatic heterocycles. The van der Waals surface area contributed by atoms with Gasteiger partial charge in [0.05, 0.1) is 5.39 Å². The van der Waals surface area contributed by atoms with Crippen LogP contribution in [0.2, 0.25) is 0 Å². The van der Waals surface area contributed by atoms with E-state index in [-0.39, 0.29) is 0 Å². The normalized spacial score (nSPS) is 12.6. The van der Waals surface area contributed by atoms with E-state index in [2.05, 4.69) is 10.3 Å². The predicted molar refractivity (Wildman–Crippen MR) is 56.1 cm³/mol. The van der Waals surface area contributed by atoms with E-state index in [1.807, 2.05) is 0 Å². The highest BCUT2D eigenvalue weighted by Gasteiger charge is 2.17. The molecule has 0 bridgehead atoms. The van der Waals surface area contributed by atoms with E-state index < -0.39 is 17.6 Å². The van der Waals surface area contributed by atoms with E-state index >= 15 is 0 Å². The second-order valence-electron chi connectivity index (χ2n) is 3.37. The third-order valence-corrected chi connectivity index (χ3v) is 2.32. The maximum absolute atomic E-state index is 11.9. The number of fused-ring (bicyclic) bond motifs is 1. The molecule has 16 heavy (non-hydrogen) atoms. The van der Waals surface area contributed by atoms with Crippen molar-refractivity contribution in [1.82, 2.24) is 15.0 Å². The Morgan fingerprint density at radius 2 is 2.12 bits per heavy atom. The molecule has 0 spiro atoms. The van der Waals surface area contributed by atoms with Crippen molar-refractivity contribution >= 4 is 16.9 Å². The lowest BCUT2D eigenvalue weighted by Crippen LogP contribution is -2.31. The Morgan fingerprint density at radius 3 is 2.81 bits per heavy atom. The smallest absolute Gasteiger partial charge is 0.328 e. The molecule has 0 radical (unpaired) electrons. The van der Waals surface area contributed by atoms with Crippen molar-refractivity contribution in [1.29, 1.82) is 0 Å². The van der Waals surface area contributed by atoms with Crippen molar-refractivity contribution in [3.63, 3.8) is 0 Å². The highest BCUT2D eigenvalue weighted by molar-refractivity contribution is 5.77. The van der Waals surface area contributed by atoms with Gasteiger partial charge >= 0.3 is 5.97 Å². The molecule has 2 aromatic rings. The Kier molecular flexibility index (Phi) is 2.40. The van der Waals surface area contributed by atoms with Gasteiger partial charge in [-0.1, -0.05) is 17.3 Å². The van der Waals surface area contributed by atoms with Crippen LogP contribution in [0.4, 0.5) is 0 Å². The van der Waals surface area contributed by atoms with Crippen LogP contribution in [-0.4, -0.2) is 26.1 Å². The molecule has 0 aliphatic rings. The van der Waals surface area contributed by atoms with Gasteiger partial charge in [0.1, 0.15) is 5.52 Å². The van der Waals surface area contributed by atoms with Gasteiger partial charge in [-0.25, -0.2) is 4.79 Å². The van der Waals surface area contributed by atoms with E-state index in [1.165, 1.54) is 6.92 Å². The molecule has 2 rings (SSSR count). The third-order valence-electron chi connectivity index (χ3n) is 2.32. The number of carboxylic acids is 1. The lowest BCUT2D eigenvalue weighted by atomic mass is 10.2. The first-order chi connectivity index (χ1) is 7.61. The number of nitrogens with zero attached hydrogens (tertiary/aromatic N) is 3. The molecular formula is C10H9N3O3. The van der Waals surface area contributed by atoms with Crippen molar-refractivity contribution < 1.29 is 9.90 Å². The fourth-order valence-electron chi connectivity index (χ4n) is 1.36. The first-order valence-electron chi connectivity index (χ1n) is 4.68. The summed E-state index contributed by atoms with van der Waals surface area (Å²) in [5, 5.41) is 16.6. The van der Waals surface area contributed by atoms with E-state index in [4.69, 9.17) is 5.11 Å². The molecule has 1 heterocycles. The van der Waals surface area contributed by atoms with Gasteiger partial charge in [-0.05, 0) is 19.1 Å². The zero-order chi connectivity index (χ0) is 11.7. The minimum Gasteiger partial charge on any atom is -0.480 e. The Bertz CT molecular complexity index is 606. The average Bonchev–Trinajstić information content (AvgIpc) is 2.29. The summed E-state index contributed by atoms with van der Waals surface area (Å²) in [5.74, 6) is -1.12. The van der Waals surface area contributed by atoms with Gasteiger partial charge in [-0.2, -0.15) is 4.68 Å². The van der Waals surface area contributed by atoms with Gasteiger partial charge in [-0.15, -0.1) is 5.10 Å². The lowest BCUT2D eigenvalue weighted by Gasteiger charge is -2.08. The quantitative estimate of drug-likeness (QED) is 0.791. The first-order valence-corrected chi connectivity index (χ1v) is 4.68. The summed E-state index contributed by atoms with van der Waals surface area (Å²) in [6, 6.07) is 5.66. The highest BCUT2D eigenvalue weighted by Crippen LogP contribution is 2.06. The third kappa shape index (κ3) is 1.54. The summed E-state index contributed by atoms with van der Waals surface area (Å²) in [6.45, 7) is 1.38. The number of carbonyl (C=O) groups is 1. The van der Waals surface area contributed by atoms with Crippen LogP contribution in [-0.2, 0) is 4.79 Å². The van der Waals surface area contributed by atoms with Crippen molar-refractivity contribution in [2.45, 2.75) is 13.0 Å². The number of carboxylic acid groups (broad SMARTS) is 1. The average molecular weight is 219 g/mol. The molecule has 1 unspecified atom stereocenters. The highest BCUT2D eigenvalue weighted by atomic mass is 16.4. The first kappa shape index (κ1) is 10.3. The van der Waals surface area contributed by atoms with Crippen molar-refractivity contribution in [2.24, 2.45) is 0 Å². The number of hydrogen-bond acceptors (Lipinski definition) is 4. The fourth-order valence-corrected chi connectivity index (χ4v) is 1.36. The molecule has 0 fully saturated rings. The number of rotatable bonds is 2. The Hall–Kier alpha value is -2.24. The minimum atomic E-state index is -1.12. The fraction of sp³-hybridized carbons (Fsp3) is 0.200. The van der Waals surface area contributed by atoms with Gasteiger partial charge in [-0.3, -0.25) is 4.79 Å². The van der Waals surface area contributed by atoms with Gasteiger partial charge in [0, 0.05) is 0 Å². The molecule has 1 aromatic carbocycles. The zero-order valence-corrected chi connectivity index (χ0v) is 8.49. The van der Waals surface area contributed by atoms with Crippen LogP contribution in [0, 0.1) is 0 Å². The number of aliphatic carboxylic acids is 1. The SMILES string of the molecule is CC(C(=O)O)n1nnc2ccccc2c1=O.